The monoisotopic (exact) mass is 426 g/mol. The highest BCUT2D eigenvalue weighted by molar-refractivity contribution is 5.53. The molecule has 0 saturated carbocycles. The van der Waals surface area contributed by atoms with Gasteiger partial charge in [0.05, 0.1) is 19.0 Å². The summed E-state index contributed by atoms with van der Waals surface area (Å²) < 4.78 is 33.9. The zero-order chi connectivity index (χ0) is 21.8. The van der Waals surface area contributed by atoms with E-state index in [9.17, 15) is 8.78 Å². The molecular weight excluding hydrogens is 402 g/mol. The van der Waals surface area contributed by atoms with Gasteiger partial charge in [0, 0.05) is 62.4 Å². The maximum absolute atomic E-state index is 13.5. The molecule has 1 aliphatic rings. The summed E-state index contributed by atoms with van der Waals surface area (Å²) in [5.41, 5.74) is 2.52. The lowest BCUT2D eigenvalue weighted by Crippen LogP contribution is -2.46. The van der Waals surface area contributed by atoms with Gasteiger partial charge in [-0.15, -0.1) is 0 Å². The van der Waals surface area contributed by atoms with Crippen LogP contribution in [0.4, 0.5) is 14.5 Å². The summed E-state index contributed by atoms with van der Waals surface area (Å²) in [6, 6.07) is 3.66. The zero-order valence-electron chi connectivity index (χ0n) is 17.5. The molecule has 31 heavy (non-hydrogen) atoms. The van der Waals surface area contributed by atoms with Gasteiger partial charge in [-0.2, -0.15) is 5.10 Å². The van der Waals surface area contributed by atoms with Crippen LogP contribution in [0.2, 0.25) is 0 Å². The third kappa shape index (κ3) is 4.72. The van der Waals surface area contributed by atoms with Crippen LogP contribution < -0.4 is 9.64 Å². The molecule has 3 heterocycles. The van der Waals surface area contributed by atoms with Crippen molar-refractivity contribution >= 4 is 11.8 Å². The van der Waals surface area contributed by atoms with E-state index in [0.29, 0.717) is 17.4 Å². The first-order chi connectivity index (χ1) is 15.0. The van der Waals surface area contributed by atoms with Crippen molar-refractivity contribution in [1.82, 2.24) is 24.6 Å². The molecule has 7 nitrogen and oxygen atoms in total. The quantitative estimate of drug-likeness (QED) is 0.604. The van der Waals surface area contributed by atoms with E-state index >= 15 is 0 Å². The fourth-order valence-corrected chi connectivity index (χ4v) is 3.65. The SMILES string of the molecule is COc1nccnc1-n1ncc(/C=C/CN2CCN(c3cc(F)cc(F)c3)CC2)c1C. The lowest BCUT2D eigenvalue weighted by atomic mass is 10.2. The van der Waals surface area contributed by atoms with E-state index in [-0.39, 0.29) is 0 Å². The van der Waals surface area contributed by atoms with Gasteiger partial charge < -0.3 is 9.64 Å². The number of methoxy groups -OCH3 is 1. The van der Waals surface area contributed by atoms with Crippen LogP contribution in [0.25, 0.3) is 11.9 Å². The lowest BCUT2D eigenvalue weighted by Gasteiger charge is -2.35. The summed E-state index contributed by atoms with van der Waals surface area (Å²) >= 11 is 0. The predicted octanol–water partition coefficient (Wildman–Crippen LogP) is 3.09. The van der Waals surface area contributed by atoms with Crippen molar-refractivity contribution < 1.29 is 13.5 Å². The molecule has 0 amide bonds. The predicted molar refractivity (Wildman–Crippen MR) is 114 cm³/mol. The van der Waals surface area contributed by atoms with Gasteiger partial charge in [-0.3, -0.25) is 4.90 Å². The third-order valence-corrected chi connectivity index (χ3v) is 5.33. The van der Waals surface area contributed by atoms with Gasteiger partial charge in [0.2, 0.25) is 5.82 Å². The molecule has 0 radical (unpaired) electrons. The Hall–Kier alpha value is -3.33. The fraction of sp³-hybridized carbons (Fsp3) is 0.318. The highest BCUT2D eigenvalue weighted by Crippen LogP contribution is 2.21. The van der Waals surface area contributed by atoms with Gasteiger partial charge >= 0.3 is 0 Å². The normalized spacial score (nSPS) is 15.0. The van der Waals surface area contributed by atoms with Crippen molar-refractivity contribution in [3.63, 3.8) is 0 Å². The second-order valence-electron chi connectivity index (χ2n) is 7.30. The van der Waals surface area contributed by atoms with Crippen molar-refractivity contribution in [3.8, 4) is 11.7 Å². The van der Waals surface area contributed by atoms with Crippen LogP contribution >= 0.6 is 0 Å². The van der Waals surface area contributed by atoms with Gasteiger partial charge in [-0.25, -0.2) is 23.4 Å². The smallest absolute Gasteiger partial charge is 0.259 e. The molecule has 0 aliphatic carbocycles. The maximum Gasteiger partial charge on any atom is 0.259 e. The summed E-state index contributed by atoms with van der Waals surface area (Å²) in [5, 5.41) is 4.42. The summed E-state index contributed by atoms with van der Waals surface area (Å²) in [6.07, 6.45) is 9.10. The van der Waals surface area contributed by atoms with E-state index in [1.165, 1.54) is 12.1 Å². The first-order valence-electron chi connectivity index (χ1n) is 10.0. The van der Waals surface area contributed by atoms with Gasteiger partial charge in [0.25, 0.3) is 5.88 Å². The first-order valence-corrected chi connectivity index (χ1v) is 10.0. The highest BCUT2D eigenvalue weighted by atomic mass is 19.1. The van der Waals surface area contributed by atoms with Crippen LogP contribution in [0.5, 0.6) is 5.88 Å². The molecule has 1 aromatic carbocycles. The first kappa shape index (κ1) is 20.9. The van der Waals surface area contributed by atoms with E-state index < -0.39 is 11.6 Å². The minimum Gasteiger partial charge on any atom is -0.478 e. The number of halogens is 2. The lowest BCUT2D eigenvalue weighted by molar-refractivity contribution is 0.284. The molecule has 0 unspecified atom stereocenters. The van der Waals surface area contributed by atoms with Crippen molar-refractivity contribution in [2.45, 2.75) is 6.92 Å². The van der Waals surface area contributed by atoms with Crippen molar-refractivity contribution in [1.29, 1.82) is 0 Å². The molecule has 3 aromatic rings. The molecule has 1 saturated heterocycles. The zero-order valence-corrected chi connectivity index (χ0v) is 17.5. The van der Waals surface area contributed by atoms with Crippen LogP contribution in [-0.2, 0) is 0 Å². The maximum atomic E-state index is 13.5. The average Bonchev–Trinajstić information content (AvgIpc) is 3.13. The van der Waals surface area contributed by atoms with Gasteiger partial charge in [-0.05, 0) is 19.1 Å². The Morgan fingerprint density at radius 2 is 1.74 bits per heavy atom. The molecule has 1 fully saturated rings. The summed E-state index contributed by atoms with van der Waals surface area (Å²) in [6.45, 7) is 5.83. The minimum absolute atomic E-state index is 0.417. The molecular formula is C22H24F2N6O. The molecule has 0 N–H and O–H groups in total. The number of benzene rings is 1. The molecule has 162 valence electrons. The van der Waals surface area contributed by atoms with E-state index in [2.05, 4.69) is 26.0 Å². The number of nitrogens with zero attached hydrogens (tertiary/aromatic N) is 6. The van der Waals surface area contributed by atoms with Crippen LogP contribution in [0, 0.1) is 18.6 Å². The molecule has 9 heteroatoms. The average molecular weight is 426 g/mol. The van der Waals surface area contributed by atoms with E-state index in [1.54, 1.807) is 30.4 Å². The van der Waals surface area contributed by atoms with Crippen LogP contribution in [0.15, 0.2) is 42.9 Å². The second-order valence-corrected chi connectivity index (χ2v) is 7.30. The Kier molecular flexibility index (Phi) is 6.22. The Morgan fingerprint density at radius 3 is 2.45 bits per heavy atom. The number of ether oxygens (including phenoxy) is 1. The Morgan fingerprint density at radius 1 is 1.03 bits per heavy atom. The van der Waals surface area contributed by atoms with Gasteiger partial charge in [0.15, 0.2) is 0 Å². The number of rotatable bonds is 6. The van der Waals surface area contributed by atoms with E-state index in [4.69, 9.17) is 4.74 Å². The minimum atomic E-state index is -0.546. The Bertz CT molecular complexity index is 1060. The molecule has 1 aliphatic heterocycles. The van der Waals surface area contributed by atoms with Gasteiger partial charge in [-0.1, -0.05) is 12.2 Å². The highest BCUT2D eigenvalue weighted by Gasteiger charge is 2.18. The largest absolute Gasteiger partial charge is 0.478 e. The van der Waals surface area contributed by atoms with Crippen LogP contribution in [0.1, 0.15) is 11.3 Å². The molecule has 4 rings (SSSR count). The topological polar surface area (TPSA) is 59.3 Å². The fourth-order valence-electron chi connectivity index (χ4n) is 3.65. The molecule has 0 spiro atoms. The summed E-state index contributed by atoms with van der Waals surface area (Å²) in [4.78, 5) is 12.8. The molecule has 2 aromatic heterocycles. The standard InChI is InChI=1S/C22H24F2N6O/c1-16-17(15-27-30(16)21-22(31-2)26-6-5-25-21)4-3-7-28-8-10-29(11-9-28)20-13-18(23)12-19(24)14-20/h3-6,12-15H,7-11H2,1-2H3/b4-3+. The van der Waals surface area contributed by atoms with Crippen molar-refractivity contribution in [2.24, 2.45) is 0 Å². The van der Waals surface area contributed by atoms with E-state index in [0.717, 1.165) is 50.0 Å². The summed E-state index contributed by atoms with van der Waals surface area (Å²) in [7, 11) is 1.55. The van der Waals surface area contributed by atoms with Crippen molar-refractivity contribution in [2.75, 3.05) is 44.7 Å². The van der Waals surface area contributed by atoms with Crippen LogP contribution in [-0.4, -0.2) is 64.5 Å². The number of hydrogen-bond acceptors (Lipinski definition) is 6. The summed E-state index contributed by atoms with van der Waals surface area (Å²) in [5.74, 6) is -0.127. The number of aromatic nitrogens is 4. The Balaban J connectivity index is 1.35. The van der Waals surface area contributed by atoms with Crippen molar-refractivity contribution in [3.05, 3.63) is 65.8 Å². The number of piperazine rings is 1. The third-order valence-electron chi connectivity index (χ3n) is 5.33. The molecule has 0 atom stereocenters. The van der Waals surface area contributed by atoms with Crippen LogP contribution in [0.3, 0.4) is 0 Å². The molecule has 0 bridgehead atoms. The number of hydrogen-bond donors (Lipinski definition) is 0. The van der Waals surface area contributed by atoms with E-state index in [1.807, 2.05) is 17.9 Å². The number of anilines is 1. The van der Waals surface area contributed by atoms with Gasteiger partial charge in [0.1, 0.15) is 11.6 Å². The Labute approximate surface area is 179 Å². The second kappa shape index (κ2) is 9.22.